The Morgan fingerprint density at radius 3 is 2.34 bits per heavy atom. The summed E-state index contributed by atoms with van der Waals surface area (Å²) >= 11 is 0. The van der Waals surface area contributed by atoms with Crippen molar-refractivity contribution in [3.05, 3.63) is 84.4 Å². The second-order valence-corrected chi connectivity index (χ2v) is 6.49. The Balaban J connectivity index is 1.78. The van der Waals surface area contributed by atoms with Crippen LogP contribution in [-0.4, -0.2) is 25.1 Å². The van der Waals surface area contributed by atoms with Crippen LogP contribution in [0, 0.1) is 0 Å². The van der Waals surface area contributed by atoms with Crippen LogP contribution in [0.1, 0.15) is 10.4 Å². The van der Waals surface area contributed by atoms with Crippen molar-refractivity contribution in [2.75, 3.05) is 19.5 Å². The zero-order chi connectivity index (χ0) is 20.2. The van der Waals surface area contributed by atoms with Gasteiger partial charge < -0.3 is 14.8 Å². The van der Waals surface area contributed by atoms with Gasteiger partial charge in [0, 0.05) is 22.7 Å². The van der Waals surface area contributed by atoms with Crippen LogP contribution in [-0.2, 0) is 0 Å². The zero-order valence-corrected chi connectivity index (χ0v) is 16.2. The lowest BCUT2D eigenvalue weighted by atomic mass is 10.0. The number of pyridine rings is 1. The number of methoxy groups -OCH3 is 2. The van der Waals surface area contributed by atoms with E-state index in [1.807, 2.05) is 72.8 Å². The van der Waals surface area contributed by atoms with Crippen molar-refractivity contribution in [1.29, 1.82) is 0 Å². The van der Waals surface area contributed by atoms with Crippen molar-refractivity contribution in [2.24, 2.45) is 0 Å². The highest BCUT2D eigenvalue weighted by atomic mass is 16.5. The van der Waals surface area contributed by atoms with E-state index in [1.165, 1.54) is 0 Å². The van der Waals surface area contributed by atoms with Gasteiger partial charge >= 0.3 is 0 Å². The molecule has 0 unspecified atom stereocenters. The molecule has 4 rings (SSSR count). The first-order chi connectivity index (χ1) is 14.2. The summed E-state index contributed by atoms with van der Waals surface area (Å²) in [5, 5.41) is 3.75. The molecule has 1 N–H and O–H groups in total. The number of nitrogens with zero attached hydrogens (tertiary/aromatic N) is 1. The van der Waals surface area contributed by atoms with Crippen LogP contribution in [0.25, 0.3) is 22.2 Å². The van der Waals surface area contributed by atoms with E-state index < -0.39 is 0 Å². The molecular weight excluding hydrogens is 364 g/mol. The average molecular weight is 384 g/mol. The summed E-state index contributed by atoms with van der Waals surface area (Å²) < 4.78 is 10.6. The summed E-state index contributed by atoms with van der Waals surface area (Å²) in [5.41, 5.74) is 3.56. The minimum atomic E-state index is -0.207. The van der Waals surface area contributed by atoms with E-state index in [0.717, 1.165) is 22.2 Å². The molecule has 29 heavy (non-hydrogen) atoms. The van der Waals surface area contributed by atoms with Crippen molar-refractivity contribution in [3.63, 3.8) is 0 Å². The standard InChI is InChI=1S/C24H20N2O3/c1-28-18-9-5-7-16(13-18)23-15-21(20-11-3-4-12-22(20)26-23)24(27)25-17-8-6-10-19(14-17)29-2/h3-15H,1-2H3,(H,25,27). The van der Waals surface area contributed by atoms with Gasteiger partial charge in [-0.3, -0.25) is 4.79 Å². The fraction of sp³-hybridized carbons (Fsp3) is 0.0833. The lowest BCUT2D eigenvalue weighted by Gasteiger charge is -2.12. The van der Waals surface area contributed by atoms with Gasteiger partial charge in [0.1, 0.15) is 11.5 Å². The summed E-state index contributed by atoms with van der Waals surface area (Å²) in [6, 6.07) is 24.3. The van der Waals surface area contributed by atoms with Crippen molar-refractivity contribution in [2.45, 2.75) is 0 Å². The largest absolute Gasteiger partial charge is 0.497 e. The van der Waals surface area contributed by atoms with Crippen molar-refractivity contribution in [3.8, 4) is 22.8 Å². The van der Waals surface area contributed by atoms with Gasteiger partial charge in [-0.15, -0.1) is 0 Å². The molecule has 5 heteroatoms. The number of hydrogen-bond acceptors (Lipinski definition) is 4. The normalized spacial score (nSPS) is 10.6. The van der Waals surface area contributed by atoms with Crippen LogP contribution in [0.15, 0.2) is 78.9 Å². The molecule has 0 radical (unpaired) electrons. The molecule has 0 aliphatic rings. The molecule has 0 fully saturated rings. The molecule has 1 aromatic heterocycles. The molecule has 0 spiro atoms. The second-order valence-electron chi connectivity index (χ2n) is 6.49. The van der Waals surface area contributed by atoms with Gasteiger partial charge in [-0.2, -0.15) is 0 Å². The van der Waals surface area contributed by atoms with Gasteiger partial charge in [-0.05, 0) is 36.4 Å². The van der Waals surface area contributed by atoms with E-state index in [1.54, 1.807) is 20.3 Å². The summed E-state index contributed by atoms with van der Waals surface area (Å²) in [6.45, 7) is 0. The number of benzene rings is 3. The smallest absolute Gasteiger partial charge is 0.256 e. The molecule has 0 bridgehead atoms. The third kappa shape index (κ3) is 3.89. The highest BCUT2D eigenvalue weighted by Gasteiger charge is 2.15. The minimum absolute atomic E-state index is 0.207. The molecule has 1 amide bonds. The molecule has 4 aromatic rings. The maximum absolute atomic E-state index is 13.1. The number of ether oxygens (including phenoxy) is 2. The molecule has 3 aromatic carbocycles. The van der Waals surface area contributed by atoms with Crippen LogP contribution in [0.3, 0.4) is 0 Å². The first-order valence-electron chi connectivity index (χ1n) is 9.17. The highest BCUT2D eigenvalue weighted by Crippen LogP contribution is 2.28. The first-order valence-corrected chi connectivity index (χ1v) is 9.17. The maximum atomic E-state index is 13.1. The fourth-order valence-corrected chi connectivity index (χ4v) is 3.19. The number of fused-ring (bicyclic) bond motifs is 1. The predicted octanol–water partition coefficient (Wildman–Crippen LogP) is 5.17. The minimum Gasteiger partial charge on any atom is -0.497 e. The number of nitrogens with one attached hydrogen (secondary N) is 1. The lowest BCUT2D eigenvalue weighted by molar-refractivity contribution is 0.102. The van der Waals surface area contributed by atoms with Gasteiger partial charge in [0.25, 0.3) is 5.91 Å². The Morgan fingerprint density at radius 2 is 1.55 bits per heavy atom. The Hall–Kier alpha value is -3.86. The van der Waals surface area contributed by atoms with Crippen LogP contribution >= 0.6 is 0 Å². The number of para-hydroxylation sites is 1. The molecular formula is C24H20N2O3. The SMILES string of the molecule is COc1cccc(NC(=O)c2cc(-c3cccc(OC)c3)nc3ccccc23)c1. The lowest BCUT2D eigenvalue weighted by Crippen LogP contribution is -2.13. The first kappa shape index (κ1) is 18.5. The van der Waals surface area contributed by atoms with Crippen LogP contribution < -0.4 is 14.8 Å². The zero-order valence-electron chi connectivity index (χ0n) is 16.2. The summed E-state index contributed by atoms with van der Waals surface area (Å²) in [5.74, 6) is 1.21. The van der Waals surface area contributed by atoms with Gasteiger partial charge in [0.15, 0.2) is 0 Å². The number of anilines is 1. The van der Waals surface area contributed by atoms with E-state index in [-0.39, 0.29) is 5.91 Å². The average Bonchev–Trinajstić information content (AvgIpc) is 2.78. The number of amides is 1. The maximum Gasteiger partial charge on any atom is 0.256 e. The number of hydrogen-bond donors (Lipinski definition) is 1. The molecule has 144 valence electrons. The number of carbonyl (C=O) groups excluding carboxylic acids is 1. The van der Waals surface area contributed by atoms with E-state index in [9.17, 15) is 4.79 Å². The highest BCUT2D eigenvalue weighted by molar-refractivity contribution is 6.13. The van der Waals surface area contributed by atoms with Gasteiger partial charge in [-0.1, -0.05) is 36.4 Å². The quantitative estimate of drug-likeness (QED) is 0.516. The number of rotatable bonds is 5. The number of carbonyl (C=O) groups is 1. The summed E-state index contributed by atoms with van der Waals surface area (Å²) in [7, 11) is 3.22. The van der Waals surface area contributed by atoms with Crippen LogP contribution in [0.2, 0.25) is 0 Å². The molecule has 0 atom stereocenters. The topological polar surface area (TPSA) is 60.5 Å². The summed E-state index contributed by atoms with van der Waals surface area (Å²) in [4.78, 5) is 17.9. The molecule has 0 saturated carbocycles. The van der Waals surface area contributed by atoms with Gasteiger partial charge in [0.05, 0.1) is 31.0 Å². The van der Waals surface area contributed by atoms with Crippen LogP contribution in [0.4, 0.5) is 5.69 Å². The van der Waals surface area contributed by atoms with E-state index in [0.29, 0.717) is 22.7 Å². The molecule has 1 heterocycles. The van der Waals surface area contributed by atoms with Crippen molar-refractivity contribution < 1.29 is 14.3 Å². The molecule has 5 nitrogen and oxygen atoms in total. The predicted molar refractivity (Wildman–Crippen MR) is 115 cm³/mol. The van der Waals surface area contributed by atoms with E-state index >= 15 is 0 Å². The van der Waals surface area contributed by atoms with Gasteiger partial charge in [0.2, 0.25) is 0 Å². The van der Waals surface area contributed by atoms with E-state index in [4.69, 9.17) is 14.5 Å². The fourth-order valence-electron chi connectivity index (χ4n) is 3.19. The third-order valence-electron chi connectivity index (χ3n) is 4.65. The third-order valence-corrected chi connectivity index (χ3v) is 4.65. The molecule has 0 aliphatic carbocycles. The molecule has 0 aliphatic heterocycles. The number of aromatic nitrogens is 1. The molecule has 0 saturated heterocycles. The monoisotopic (exact) mass is 384 g/mol. The Labute approximate surface area is 168 Å². The van der Waals surface area contributed by atoms with Crippen LogP contribution in [0.5, 0.6) is 11.5 Å². The van der Waals surface area contributed by atoms with Gasteiger partial charge in [-0.25, -0.2) is 4.98 Å². The van der Waals surface area contributed by atoms with Crippen molar-refractivity contribution >= 4 is 22.5 Å². The Morgan fingerprint density at radius 1 is 0.828 bits per heavy atom. The Bertz CT molecular complexity index is 1190. The summed E-state index contributed by atoms with van der Waals surface area (Å²) in [6.07, 6.45) is 0. The van der Waals surface area contributed by atoms with Crippen molar-refractivity contribution in [1.82, 2.24) is 4.98 Å². The Kier molecular flexibility index (Phi) is 5.12. The second kappa shape index (κ2) is 8.02. The van der Waals surface area contributed by atoms with E-state index in [2.05, 4.69) is 5.32 Å².